The smallest absolute Gasteiger partial charge is 0.187 e. The second kappa shape index (κ2) is 5.17. The van der Waals surface area contributed by atoms with Gasteiger partial charge in [0.2, 0.25) is 0 Å². The molecular weight excluding hydrogens is 332 g/mol. The maximum Gasteiger partial charge on any atom is 0.187 e. The van der Waals surface area contributed by atoms with E-state index in [1.165, 1.54) is 0 Å². The molecule has 6 nitrogen and oxygen atoms in total. The lowest BCUT2D eigenvalue weighted by Gasteiger charge is -2.09. The van der Waals surface area contributed by atoms with Crippen LogP contribution in [0.5, 0.6) is 0 Å². The molecule has 7 heteroatoms. The van der Waals surface area contributed by atoms with Crippen LogP contribution in [0.3, 0.4) is 0 Å². The van der Waals surface area contributed by atoms with Crippen LogP contribution < -0.4 is 11.5 Å². The van der Waals surface area contributed by atoms with Crippen molar-refractivity contribution in [1.82, 2.24) is 20.2 Å². The van der Waals surface area contributed by atoms with Crippen molar-refractivity contribution >= 4 is 27.3 Å². The Morgan fingerprint density at radius 2 is 1.76 bits per heavy atom. The van der Waals surface area contributed by atoms with E-state index in [0.717, 1.165) is 21.3 Å². The zero-order valence-electron chi connectivity index (χ0n) is 11.3. The molecular formula is C14H13BrN6. The maximum atomic E-state index is 5.84. The average molecular weight is 345 g/mol. The van der Waals surface area contributed by atoms with E-state index in [1.807, 2.05) is 25.1 Å². The predicted molar refractivity (Wildman–Crippen MR) is 85.9 cm³/mol. The molecule has 0 atom stereocenters. The molecule has 1 heterocycles. The zero-order chi connectivity index (χ0) is 15.0. The van der Waals surface area contributed by atoms with Crippen molar-refractivity contribution in [3.63, 3.8) is 0 Å². The van der Waals surface area contributed by atoms with Gasteiger partial charge in [-0.05, 0) is 59.3 Å². The van der Waals surface area contributed by atoms with Gasteiger partial charge in [-0.15, -0.1) is 5.10 Å². The van der Waals surface area contributed by atoms with Gasteiger partial charge in [-0.2, -0.15) is 4.68 Å². The van der Waals surface area contributed by atoms with Gasteiger partial charge in [-0.1, -0.05) is 15.9 Å². The van der Waals surface area contributed by atoms with E-state index in [2.05, 4.69) is 31.5 Å². The first-order valence-electron chi connectivity index (χ1n) is 6.26. The molecule has 0 fully saturated rings. The first-order chi connectivity index (χ1) is 10.0. The zero-order valence-corrected chi connectivity index (χ0v) is 12.9. The summed E-state index contributed by atoms with van der Waals surface area (Å²) in [6, 6.07) is 11.2. The number of aromatic nitrogens is 4. The van der Waals surface area contributed by atoms with E-state index in [1.54, 1.807) is 22.9 Å². The number of nitrogens with zero attached hydrogens (tertiary/aromatic N) is 4. The van der Waals surface area contributed by atoms with Gasteiger partial charge < -0.3 is 11.5 Å². The summed E-state index contributed by atoms with van der Waals surface area (Å²) in [5.41, 5.74) is 15.6. The fourth-order valence-electron chi connectivity index (χ4n) is 2.19. The molecule has 0 aliphatic heterocycles. The van der Waals surface area contributed by atoms with E-state index in [-0.39, 0.29) is 0 Å². The van der Waals surface area contributed by atoms with Gasteiger partial charge in [0.1, 0.15) is 0 Å². The number of halogens is 1. The van der Waals surface area contributed by atoms with E-state index < -0.39 is 0 Å². The molecule has 21 heavy (non-hydrogen) atoms. The van der Waals surface area contributed by atoms with E-state index in [0.29, 0.717) is 17.2 Å². The Balaban J connectivity index is 2.17. The van der Waals surface area contributed by atoms with Crippen LogP contribution in [0.25, 0.3) is 17.1 Å². The number of benzene rings is 2. The molecule has 0 unspecified atom stereocenters. The molecule has 1 aromatic heterocycles. The Labute approximate surface area is 129 Å². The van der Waals surface area contributed by atoms with Gasteiger partial charge in [-0.25, -0.2) is 0 Å². The third kappa shape index (κ3) is 2.59. The molecule has 0 aliphatic carbocycles. The fourth-order valence-corrected chi connectivity index (χ4v) is 2.67. The maximum absolute atomic E-state index is 5.84. The highest BCUT2D eigenvalue weighted by Crippen LogP contribution is 2.26. The summed E-state index contributed by atoms with van der Waals surface area (Å²) < 4.78 is 2.68. The summed E-state index contributed by atoms with van der Waals surface area (Å²) in [7, 11) is 0. The topological polar surface area (TPSA) is 95.6 Å². The minimum atomic E-state index is 0.576. The van der Waals surface area contributed by atoms with Crippen LogP contribution in [-0.4, -0.2) is 20.2 Å². The number of nitrogen functional groups attached to an aromatic ring is 2. The van der Waals surface area contributed by atoms with Crippen molar-refractivity contribution in [2.45, 2.75) is 6.92 Å². The van der Waals surface area contributed by atoms with Crippen LogP contribution in [0.2, 0.25) is 0 Å². The molecule has 0 saturated carbocycles. The summed E-state index contributed by atoms with van der Waals surface area (Å²) in [5.74, 6) is 0.597. The number of aryl methyl sites for hydroxylation is 1. The van der Waals surface area contributed by atoms with Crippen LogP contribution in [0.1, 0.15) is 5.56 Å². The molecule has 0 aliphatic rings. The van der Waals surface area contributed by atoms with Gasteiger partial charge in [0, 0.05) is 21.4 Å². The standard InChI is InChI=1S/C14H13BrN6/c1-8-4-10(15)2-3-13(8)21-14(18-19-20-21)9-5-11(16)7-12(17)6-9/h2-7H,16-17H2,1H3. The molecule has 2 aromatic carbocycles. The van der Waals surface area contributed by atoms with Crippen LogP contribution in [0.4, 0.5) is 11.4 Å². The summed E-state index contributed by atoms with van der Waals surface area (Å²) >= 11 is 3.45. The minimum Gasteiger partial charge on any atom is -0.399 e. The monoisotopic (exact) mass is 344 g/mol. The number of anilines is 2. The molecule has 4 N–H and O–H groups in total. The molecule has 0 amide bonds. The molecule has 0 bridgehead atoms. The van der Waals surface area contributed by atoms with Crippen LogP contribution >= 0.6 is 15.9 Å². The number of rotatable bonds is 2. The largest absolute Gasteiger partial charge is 0.399 e. The molecule has 106 valence electrons. The van der Waals surface area contributed by atoms with Crippen molar-refractivity contribution in [3.05, 3.63) is 46.4 Å². The Bertz CT molecular complexity index is 791. The number of nitrogens with two attached hydrogens (primary N) is 2. The fraction of sp³-hybridized carbons (Fsp3) is 0.0714. The predicted octanol–water partition coefficient (Wildman–Crippen LogP) is 2.56. The SMILES string of the molecule is Cc1cc(Br)ccc1-n1nnnc1-c1cc(N)cc(N)c1. The lowest BCUT2D eigenvalue weighted by Crippen LogP contribution is -2.03. The Morgan fingerprint density at radius 3 is 2.43 bits per heavy atom. The molecule has 0 saturated heterocycles. The number of tetrazole rings is 1. The van der Waals surface area contributed by atoms with E-state index >= 15 is 0 Å². The van der Waals surface area contributed by atoms with Crippen LogP contribution in [0, 0.1) is 6.92 Å². The third-order valence-corrected chi connectivity index (χ3v) is 3.59. The molecule has 3 rings (SSSR count). The summed E-state index contributed by atoms with van der Waals surface area (Å²) in [6.45, 7) is 2.00. The van der Waals surface area contributed by atoms with Crippen LogP contribution in [0.15, 0.2) is 40.9 Å². The minimum absolute atomic E-state index is 0.576. The normalized spacial score (nSPS) is 10.8. The second-order valence-corrected chi connectivity index (χ2v) is 5.65. The van der Waals surface area contributed by atoms with Crippen molar-refractivity contribution < 1.29 is 0 Å². The lowest BCUT2D eigenvalue weighted by molar-refractivity contribution is 0.787. The average Bonchev–Trinajstić information content (AvgIpc) is 2.86. The Morgan fingerprint density at radius 1 is 1.05 bits per heavy atom. The third-order valence-electron chi connectivity index (χ3n) is 3.09. The van der Waals surface area contributed by atoms with Crippen molar-refractivity contribution in [2.75, 3.05) is 11.5 Å². The summed E-state index contributed by atoms with van der Waals surface area (Å²) in [4.78, 5) is 0. The van der Waals surface area contributed by atoms with Gasteiger partial charge in [0.05, 0.1) is 5.69 Å². The van der Waals surface area contributed by atoms with Crippen molar-refractivity contribution in [1.29, 1.82) is 0 Å². The van der Waals surface area contributed by atoms with E-state index in [4.69, 9.17) is 11.5 Å². The summed E-state index contributed by atoms with van der Waals surface area (Å²) in [6.07, 6.45) is 0. The Kier molecular flexibility index (Phi) is 3.34. The molecule has 3 aromatic rings. The van der Waals surface area contributed by atoms with Gasteiger partial charge in [-0.3, -0.25) is 0 Å². The van der Waals surface area contributed by atoms with Gasteiger partial charge in [0.25, 0.3) is 0 Å². The first kappa shape index (κ1) is 13.6. The lowest BCUT2D eigenvalue weighted by atomic mass is 10.1. The first-order valence-corrected chi connectivity index (χ1v) is 7.05. The number of hydrogen-bond donors (Lipinski definition) is 2. The molecule has 0 spiro atoms. The highest BCUT2D eigenvalue weighted by Gasteiger charge is 2.13. The quantitative estimate of drug-likeness (QED) is 0.696. The highest BCUT2D eigenvalue weighted by atomic mass is 79.9. The van der Waals surface area contributed by atoms with Crippen LogP contribution in [-0.2, 0) is 0 Å². The van der Waals surface area contributed by atoms with Crippen molar-refractivity contribution in [3.8, 4) is 17.1 Å². The molecule has 0 radical (unpaired) electrons. The second-order valence-electron chi connectivity index (χ2n) is 4.73. The highest BCUT2D eigenvalue weighted by molar-refractivity contribution is 9.10. The summed E-state index contributed by atoms with van der Waals surface area (Å²) in [5, 5.41) is 11.9. The van der Waals surface area contributed by atoms with Gasteiger partial charge in [0.15, 0.2) is 5.82 Å². The Hall–Kier alpha value is -2.41. The van der Waals surface area contributed by atoms with Gasteiger partial charge >= 0.3 is 0 Å². The van der Waals surface area contributed by atoms with Crippen molar-refractivity contribution in [2.24, 2.45) is 0 Å². The van der Waals surface area contributed by atoms with E-state index in [9.17, 15) is 0 Å². The number of hydrogen-bond acceptors (Lipinski definition) is 5.